The lowest BCUT2D eigenvalue weighted by Crippen LogP contribution is -2.20. The third kappa shape index (κ3) is 2.76. The van der Waals surface area contributed by atoms with Crippen molar-refractivity contribution in [3.05, 3.63) is 59.7 Å². The van der Waals surface area contributed by atoms with Crippen LogP contribution in [0.3, 0.4) is 0 Å². The summed E-state index contributed by atoms with van der Waals surface area (Å²) in [6.45, 7) is 7.11. The molecule has 0 saturated heterocycles. The molecule has 0 fully saturated rings. The molecule has 1 aliphatic carbocycles. The van der Waals surface area contributed by atoms with Gasteiger partial charge in [-0.05, 0) is 69.7 Å². The molecule has 118 valence electrons. The van der Waals surface area contributed by atoms with Crippen molar-refractivity contribution in [3.63, 3.8) is 0 Å². The summed E-state index contributed by atoms with van der Waals surface area (Å²) in [5, 5.41) is 5.65. The van der Waals surface area contributed by atoms with Crippen LogP contribution >= 0.6 is 0 Å². The van der Waals surface area contributed by atoms with Crippen LogP contribution in [0.1, 0.15) is 44.7 Å². The molecule has 0 radical (unpaired) electrons. The minimum Gasteiger partial charge on any atom is -0.0616 e. The molecule has 23 heavy (non-hydrogen) atoms. The van der Waals surface area contributed by atoms with Crippen LogP contribution in [0.15, 0.2) is 48.5 Å². The maximum atomic E-state index is 2.40. The fraction of sp³-hybridized carbons (Fsp3) is 0.391. The Hall–Kier alpha value is -1.82. The van der Waals surface area contributed by atoms with Crippen molar-refractivity contribution in [1.29, 1.82) is 0 Å². The summed E-state index contributed by atoms with van der Waals surface area (Å²) >= 11 is 0. The lowest BCUT2D eigenvalue weighted by Gasteiger charge is -2.31. The maximum absolute atomic E-state index is 2.40. The molecule has 1 atom stereocenters. The summed E-state index contributed by atoms with van der Waals surface area (Å²) in [5.74, 6) is 0.848. The SMILES string of the molecule is CC(C)(C)CC1CCc2c(ccc3c2ccc2ccccc23)C1. The summed E-state index contributed by atoms with van der Waals surface area (Å²) in [6.07, 6.45) is 5.18. The second-order valence-corrected chi connectivity index (χ2v) is 8.46. The fourth-order valence-corrected chi connectivity index (χ4v) is 4.48. The lowest BCUT2D eigenvalue weighted by atomic mass is 9.74. The summed E-state index contributed by atoms with van der Waals surface area (Å²) < 4.78 is 0. The quantitative estimate of drug-likeness (QED) is 0.448. The number of hydrogen-bond donors (Lipinski definition) is 0. The van der Waals surface area contributed by atoms with Crippen LogP contribution in [-0.4, -0.2) is 0 Å². The van der Waals surface area contributed by atoms with Gasteiger partial charge in [0.1, 0.15) is 0 Å². The molecular formula is C23H26. The lowest BCUT2D eigenvalue weighted by molar-refractivity contribution is 0.274. The van der Waals surface area contributed by atoms with Gasteiger partial charge < -0.3 is 0 Å². The van der Waals surface area contributed by atoms with E-state index in [-0.39, 0.29) is 0 Å². The van der Waals surface area contributed by atoms with E-state index >= 15 is 0 Å². The molecule has 0 saturated carbocycles. The Morgan fingerprint density at radius 2 is 1.65 bits per heavy atom. The first-order valence-electron chi connectivity index (χ1n) is 8.93. The third-order valence-electron chi connectivity index (χ3n) is 5.35. The largest absolute Gasteiger partial charge is 0.0616 e. The highest BCUT2D eigenvalue weighted by Gasteiger charge is 2.24. The molecule has 0 aliphatic heterocycles. The summed E-state index contributed by atoms with van der Waals surface area (Å²) in [5.41, 5.74) is 3.64. The van der Waals surface area contributed by atoms with Crippen LogP contribution < -0.4 is 0 Å². The van der Waals surface area contributed by atoms with E-state index in [1.165, 1.54) is 47.2 Å². The predicted octanol–water partition coefficient (Wildman–Crippen LogP) is 6.53. The Morgan fingerprint density at radius 3 is 2.48 bits per heavy atom. The molecule has 3 aromatic carbocycles. The van der Waals surface area contributed by atoms with Gasteiger partial charge in [-0.3, -0.25) is 0 Å². The summed E-state index contributed by atoms with van der Waals surface area (Å²) in [7, 11) is 0. The molecule has 1 aliphatic rings. The molecule has 0 spiro atoms. The van der Waals surface area contributed by atoms with Crippen LogP contribution in [0, 0.1) is 11.3 Å². The summed E-state index contributed by atoms with van der Waals surface area (Å²) in [6, 6.07) is 18.2. The minimum atomic E-state index is 0.440. The van der Waals surface area contributed by atoms with Gasteiger partial charge in [0.25, 0.3) is 0 Å². The molecule has 0 bridgehead atoms. The highest BCUT2D eigenvalue weighted by atomic mass is 14.3. The van der Waals surface area contributed by atoms with Crippen molar-refractivity contribution >= 4 is 21.5 Å². The first-order valence-corrected chi connectivity index (χ1v) is 8.93. The third-order valence-corrected chi connectivity index (χ3v) is 5.35. The van der Waals surface area contributed by atoms with E-state index < -0.39 is 0 Å². The van der Waals surface area contributed by atoms with E-state index in [0.29, 0.717) is 5.41 Å². The number of fused-ring (bicyclic) bond motifs is 5. The fourth-order valence-electron chi connectivity index (χ4n) is 4.48. The normalized spacial score (nSPS) is 18.3. The topological polar surface area (TPSA) is 0 Å². The highest BCUT2D eigenvalue weighted by Crippen LogP contribution is 2.38. The van der Waals surface area contributed by atoms with Gasteiger partial charge in [-0.1, -0.05) is 69.3 Å². The number of aryl methyl sites for hydroxylation is 1. The first-order chi connectivity index (χ1) is 11.0. The number of hydrogen-bond acceptors (Lipinski definition) is 0. The zero-order valence-corrected chi connectivity index (χ0v) is 14.5. The molecule has 3 aromatic rings. The van der Waals surface area contributed by atoms with E-state index in [2.05, 4.69) is 69.3 Å². The first kappa shape index (κ1) is 14.8. The standard InChI is InChI=1S/C23H26/c1-23(2,3)15-16-8-11-20-18(14-16)10-13-21-19-7-5-4-6-17(19)9-12-22(20)21/h4-7,9-10,12-13,16H,8,11,14-15H2,1-3H3. The van der Waals surface area contributed by atoms with Crippen LogP contribution in [0.2, 0.25) is 0 Å². The second-order valence-electron chi connectivity index (χ2n) is 8.46. The Morgan fingerprint density at radius 1 is 0.870 bits per heavy atom. The van der Waals surface area contributed by atoms with Crippen molar-refractivity contribution in [2.45, 2.75) is 46.5 Å². The average Bonchev–Trinajstić information content (AvgIpc) is 2.52. The van der Waals surface area contributed by atoms with Gasteiger partial charge >= 0.3 is 0 Å². The van der Waals surface area contributed by atoms with Gasteiger partial charge in [0, 0.05) is 0 Å². The minimum absolute atomic E-state index is 0.440. The average molecular weight is 302 g/mol. The zero-order valence-electron chi connectivity index (χ0n) is 14.5. The molecular weight excluding hydrogens is 276 g/mol. The van der Waals surface area contributed by atoms with Crippen LogP contribution in [0.5, 0.6) is 0 Å². The van der Waals surface area contributed by atoms with E-state index in [0.717, 1.165) is 5.92 Å². The van der Waals surface area contributed by atoms with Crippen molar-refractivity contribution in [1.82, 2.24) is 0 Å². The maximum Gasteiger partial charge on any atom is -0.0102 e. The van der Waals surface area contributed by atoms with Gasteiger partial charge in [0.15, 0.2) is 0 Å². The number of rotatable bonds is 1. The van der Waals surface area contributed by atoms with E-state index in [1.54, 1.807) is 11.1 Å². The monoisotopic (exact) mass is 302 g/mol. The van der Waals surface area contributed by atoms with Crippen molar-refractivity contribution in [3.8, 4) is 0 Å². The van der Waals surface area contributed by atoms with Crippen LogP contribution in [-0.2, 0) is 12.8 Å². The van der Waals surface area contributed by atoms with Crippen LogP contribution in [0.25, 0.3) is 21.5 Å². The Bertz CT molecular complexity index is 864. The van der Waals surface area contributed by atoms with E-state index in [4.69, 9.17) is 0 Å². The second kappa shape index (κ2) is 5.37. The Labute approximate surface area is 139 Å². The van der Waals surface area contributed by atoms with E-state index in [1.807, 2.05) is 0 Å². The molecule has 0 heterocycles. The summed E-state index contributed by atoms with van der Waals surface area (Å²) in [4.78, 5) is 0. The zero-order chi connectivity index (χ0) is 16.0. The van der Waals surface area contributed by atoms with Crippen molar-refractivity contribution in [2.24, 2.45) is 11.3 Å². The molecule has 1 unspecified atom stereocenters. The van der Waals surface area contributed by atoms with Gasteiger partial charge in [0.2, 0.25) is 0 Å². The molecule has 0 aromatic heterocycles. The Kier molecular flexibility index (Phi) is 3.44. The highest BCUT2D eigenvalue weighted by molar-refractivity contribution is 6.08. The molecule has 0 nitrogen and oxygen atoms in total. The van der Waals surface area contributed by atoms with Crippen molar-refractivity contribution in [2.75, 3.05) is 0 Å². The smallest absolute Gasteiger partial charge is 0.0102 e. The van der Waals surface area contributed by atoms with Crippen molar-refractivity contribution < 1.29 is 0 Å². The number of benzene rings is 3. The molecule has 0 amide bonds. The van der Waals surface area contributed by atoms with Gasteiger partial charge in [-0.15, -0.1) is 0 Å². The van der Waals surface area contributed by atoms with Crippen LogP contribution in [0.4, 0.5) is 0 Å². The Balaban J connectivity index is 1.79. The molecule has 0 N–H and O–H groups in total. The van der Waals surface area contributed by atoms with Gasteiger partial charge in [-0.2, -0.15) is 0 Å². The predicted molar refractivity (Wildman–Crippen MR) is 101 cm³/mol. The van der Waals surface area contributed by atoms with E-state index in [9.17, 15) is 0 Å². The molecule has 4 rings (SSSR count). The molecule has 0 heteroatoms. The van der Waals surface area contributed by atoms with Gasteiger partial charge in [-0.25, -0.2) is 0 Å². The van der Waals surface area contributed by atoms with Gasteiger partial charge in [0.05, 0.1) is 0 Å².